The number of carbonyl (C=O) groups is 2. The van der Waals surface area contributed by atoms with Gasteiger partial charge in [0.25, 0.3) is 5.91 Å². The number of benzene rings is 1. The zero-order valence-corrected chi connectivity index (χ0v) is 18.2. The highest BCUT2D eigenvalue weighted by Gasteiger charge is 2.13. The molecule has 1 heterocycles. The highest BCUT2D eigenvalue weighted by atomic mass is 16.2. The predicted molar refractivity (Wildman–Crippen MR) is 118 cm³/mol. The van der Waals surface area contributed by atoms with Crippen LogP contribution in [0.15, 0.2) is 42.0 Å². The van der Waals surface area contributed by atoms with Gasteiger partial charge in [-0.25, -0.2) is 0 Å². The van der Waals surface area contributed by atoms with Crippen LogP contribution >= 0.6 is 0 Å². The van der Waals surface area contributed by atoms with E-state index < -0.39 is 5.91 Å². The van der Waals surface area contributed by atoms with Crippen molar-refractivity contribution in [3.05, 3.63) is 64.5 Å². The molecule has 0 saturated carbocycles. The first-order valence-electron chi connectivity index (χ1n) is 10.2. The molecule has 0 radical (unpaired) electrons. The van der Waals surface area contributed by atoms with Crippen LogP contribution in [0.3, 0.4) is 0 Å². The van der Waals surface area contributed by atoms with Gasteiger partial charge in [-0.05, 0) is 43.0 Å². The van der Waals surface area contributed by atoms with E-state index >= 15 is 0 Å². The molecule has 0 bridgehead atoms. The number of amides is 2. The molecule has 0 unspecified atom stereocenters. The normalized spacial score (nSPS) is 11.3. The first kappa shape index (κ1) is 23.0. The smallest absolute Gasteiger partial charge is 0.261 e. The third-order valence-electron chi connectivity index (χ3n) is 4.80. The number of nitriles is 1. The molecule has 2 N–H and O–H groups in total. The van der Waals surface area contributed by atoms with Gasteiger partial charge in [-0.2, -0.15) is 5.26 Å². The summed E-state index contributed by atoms with van der Waals surface area (Å²) in [6.45, 7) is 9.82. The zero-order chi connectivity index (χ0) is 22.1. The van der Waals surface area contributed by atoms with Crippen LogP contribution in [0.25, 0.3) is 6.08 Å². The van der Waals surface area contributed by atoms with Gasteiger partial charge in [-0.3, -0.25) is 9.59 Å². The van der Waals surface area contributed by atoms with Crippen molar-refractivity contribution in [1.29, 1.82) is 5.26 Å². The molecule has 6 nitrogen and oxygen atoms in total. The lowest BCUT2D eigenvalue weighted by Crippen LogP contribution is -2.31. The Bertz CT molecular complexity index is 950. The fraction of sp³-hybridized carbons (Fsp3) is 0.375. The summed E-state index contributed by atoms with van der Waals surface area (Å²) in [5.74, 6) is -0.126. The molecule has 2 aromatic rings. The average Bonchev–Trinajstić information content (AvgIpc) is 2.98. The van der Waals surface area contributed by atoms with Crippen molar-refractivity contribution in [2.24, 2.45) is 5.92 Å². The second kappa shape index (κ2) is 11.0. The van der Waals surface area contributed by atoms with Crippen LogP contribution in [0, 0.1) is 31.1 Å². The number of nitrogens with zero attached hydrogens (tertiary/aromatic N) is 2. The van der Waals surface area contributed by atoms with Gasteiger partial charge in [0.15, 0.2) is 0 Å². The lowest BCUT2D eigenvalue weighted by molar-refractivity contribution is -0.121. The van der Waals surface area contributed by atoms with Crippen molar-refractivity contribution in [3.63, 3.8) is 0 Å². The van der Waals surface area contributed by atoms with Gasteiger partial charge in [0.1, 0.15) is 11.6 Å². The van der Waals surface area contributed by atoms with Crippen LogP contribution in [-0.4, -0.2) is 22.9 Å². The van der Waals surface area contributed by atoms with Gasteiger partial charge in [0.2, 0.25) is 5.91 Å². The molecule has 0 fully saturated rings. The highest BCUT2D eigenvalue weighted by Crippen LogP contribution is 2.19. The van der Waals surface area contributed by atoms with Crippen LogP contribution in [0.5, 0.6) is 0 Å². The van der Waals surface area contributed by atoms with Crippen LogP contribution in [0.4, 0.5) is 0 Å². The quantitative estimate of drug-likeness (QED) is 0.494. The average molecular weight is 407 g/mol. The number of aromatic nitrogens is 1. The summed E-state index contributed by atoms with van der Waals surface area (Å²) in [4.78, 5) is 24.3. The Balaban J connectivity index is 1.90. The molecule has 1 aromatic heterocycles. The van der Waals surface area contributed by atoms with Gasteiger partial charge < -0.3 is 15.2 Å². The summed E-state index contributed by atoms with van der Waals surface area (Å²) in [6.07, 6.45) is 1.77. The number of hydrogen-bond donors (Lipinski definition) is 2. The molecular weight excluding hydrogens is 376 g/mol. The minimum absolute atomic E-state index is 0.0319. The van der Waals surface area contributed by atoms with E-state index in [0.717, 1.165) is 29.1 Å². The van der Waals surface area contributed by atoms with Gasteiger partial charge >= 0.3 is 0 Å². The Labute approximate surface area is 178 Å². The third kappa shape index (κ3) is 6.63. The Morgan fingerprint density at radius 1 is 1.17 bits per heavy atom. The van der Waals surface area contributed by atoms with Crippen molar-refractivity contribution >= 4 is 17.9 Å². The Kier molecular flexibility index (Phi) is 8.42. The monoisotopic (exact) mass is 406 g/mol. The van der Waals surface area contributed by atoms with Gasteiger partial charge in [0.05, 0.1) is 0 Å². The Hall–Kier alpha value is -3.33. The van der Waals surface area contributed by atoms with Crippen LogP contribution < -0.4 is 10.6 Å². The molecular formula is C24H30N4O2. The van der Waals surface area contributed by atoms with Crippen LogP contribution in [-0.2, 0) is 22.7 Å². The number of carbonyl (C=O) groups excluding carboxylic acids is 2. The summed E-state index contributed by atoms with van der Waals surface area (Å²) in [5.41, 5.74) is 4.03. The van der Waals surface area contributed by atoms with E-state index in [9.17, 15) is 14.9 Å². The summed E-state index contributed by atoms with van der Waals surface area (Å²) in [7, 11) is 0. The second-order valence-electron chi connectivity index (χ2n) is 7.77. The first-order chi connectivity index (χ1) is 14.3. The van der Waals surface area contributed by atoms with Crippen molar-refractivity contribution in [3.8, 4) is 6.07 Å². The number of rotatable bonds is 9. The minimum Gasteiger partial charge on any atom is -0.352 e. The maximum absolute atomic E-state index is 12.4. The van der Waals surface area contributed by atoms with Gasteiger partial charge in [-0.1, -0.05) is 44.2 Å². The Morgan fingerprint density at radius 3 is 2.50 bits per heavy atom. The Morgan fingerprint density at radius 2 is 1.87 bits per heavy atom. The zero-order valence-electron chi connectivity index (χ0n) is 18.2. The third-order valence-corrected chi connectivity index (χ3v) is 4.80. The van der Waals surface area contributed by atoms with Crippen molar-refractivity contribution in [2.45, 2.75) is 47.2 Å². The summed E-state index contributed by atoms with van der Waals surface area (Å²) in [6, 6.07) is 13.6. The van der Waals surface area contributed by atoms with Crippen molar-refractivity contribution in [2.75, 3.05) is 6.54 Å². The fourth-order valence-corrected chi connectivity index (χ4v) is 3.19. The maximum atomic E-state index is 12.4. The lowest BCUT2D eigenvalue weighted by atomic mass is 10.1. The van der Waals surface area contributed by atoms with E-state index in [1.165, 1.54) is 0 Å². The molecule has 0 aliphatic rings. The van der Waals surface area contributed by atoms with Gasteiger partial charge in [0, 0.05) is 37.4 Å². The minimum atomic E-state index is -0.470. The second-order valence-corrected chi connectivity index (χ2v) is 7.77. The van der Waals surface area contributed by atoms with Crippen LogP contribution in [0.2, 0.25) is 0 Å². The molecule has 0 atom stereocenters. The standard InChI is InChI=1S/C24H30N4O2/c1-17(2)16-28-18(3)12-21(19(28)4)13-22(14-25)24(30)26-11-10-23(29)27-15-20-8-6-5-7-9-20/h5-9,12-13,17H,10-11,15-16H2,1-4H3,(H,26,30)(H,27,29)/b22-13-. The molecule has 158 valence electrons. The van der Waals surface area contributed by atoms with Crippen molar-refractivity contribution < 1.29 is 9.59 Å². The van der Waals surface area contributed by atoms with Crippen molar-refractivity contribution in [1.82, 2.24) is 15.2 Å². The van der Waals surface area contributed by atoms with E-state index in [1.54, 1.807) is 6.08 Å². The van der Waals surface area contributed by atoms with E-state index in [-0.39, 0.29) is 24.4 Å². The largest absolute Gasteiger partial charge is 0.352 e. The molecule has 30 heavy (non-hydrogen) atoms. The summed E-state index contributed by atoms with van der Waals surface area (Å²) in [5, 5.41) is 14.9. The SMILES string of the molecule is Cc1cc(/C=C(/C#N)C(=O)NCCC(=O)NCc2ccccc2)c(C)n1CC(C)C. The topological polar surface area (TPSA) is 86.9 Å². The molecule has 6 heteroatoms. The lowest BCUT2D eigenvalue weighted by Gasteiger charge is -2.12. The molecule has 1 aromatic carbocycles. The number of nitrogens with one attached hydrogen (secondary N) is 2. The summed E-state index contributed by atoms with van der Waals surface area (Å²) < 4.78 is 2.19. The van der Waals surface area contributed by atoms with E-state index in [0.29, 0.717) is 12.5 Å². The van der Waals surface area contributed by atoms with Crippen LogP contribution in [0.1, 0.15) is 42.8 Å². The van der Waals surface area contributed by atoms with E-state index in [1.807, 2.05) is 56.3 Å². The number of hydrogen-bond acceptors (Lipinski definition) is 3. The molecule has 2 amide bonds. The summed E-state index contributed by atoms with van der Waals surface area (Å²) >= 11 is 0. The molecule has 0 spiro atoms. The maximum Gasteiger partial charge on any atom is 0.261 e. The van der Waals surface area contributed by atoms with E-state index in [4.69, 9.17) is 0 Å². The highest BCUT2D eigenvalue weighted by molar-refractivity contribution is 6.02. The van der Waals surface area contributed by atoms with Gasteiger partial charge in [-0.15, -0.1) is 0 Å². The molecule has 0 saturated heterocycles. The molecule has 0 aliphatic carbocycles. The molecule has 2 rings (SSSR count). The van der Waals surface area contributed by atoms with E-state index in [2.05, 4.69) is 29.0 Å². The first-order valence-corrected chi connectivity index (χ1v) is 10.2. The molecule has 0 aliphatic heterocycles. The fourth-order valence-electron chi connectivity index (χ4n) is 3.19. The number of aryl methyl sites for hydroxylation is 1. The predicted octanol–water partition coefficient (Wildman–Crippen LogP) is 3.49.